The molecule has 0 saturated carbocycles. The van der Waals surface area contributed by atoms with E-state index in [-0.39, 0.29) is 24.0 Å². The quantitative estimate of drug-likeness (QED) is 0.223. The molecule has 0 fully saturated rings. The second-order valence-corrected chi connectivity index (χ2v) is 7.99. The highest BCUT2D eigenvalue weighted by atomic mass is 127. The van der Waals surface area contributed by atoms with Gasteiger partial charge in [-0.15, -0.1) is 45.5 Å². The van der Waals surface area contributed by atoms with Gasteiger partial charge in [0.15, 0.2) is 11.8 Å². The molecule has 0 bridgehead atoms. The molecule has 0 aliphatic carbocycles. The molecule has 152 valence electrons. The molecule has 2 N–H and O–H groups in total. The molecule has 2 aromatic heterocycles. The van der Waals surface area contributed by atoms with Crippen LogP contribution in [0.1, 0.15) is 49.6 Å². The highest BCUT2D eigenvalue weighted by molar-refractivity contribution is 14.0. The van der Waals surface area contributed by atoms with Gasteiger partial charge in [0.1, 0.15) is 12.4 Å². The zero-order valence-electron chi connectivity index (χ0n) is 16.9. The molecule has 0 spiro atoms. The summed E-state index contributed by atoms with van der Waals surface area (Å²) in [6, 6.07) is 4.27. The van der Waals surface area contributed by atoms with Crippen molar-refractivity contribution in [1.29, 1.82) is 0 Å². The van der Waals surface area contributed by atoms with Gasteiger partial charge in [0, 0.05) is 25.0 Å². The molecule has 2 heterocycles. The molecule has 0 unspecified atom stereocenters. The number of aryl methyl sites for hydroxylation is 1. The summed E-state index contributed by atoms with van der Waals surface area (Å²) in [6.45, 7) is 8.83. The van der Waals surface area contributed by atoms with Crippen molar-refractivity contribution >= 4 is 41.3 Å². The number of rotatable bonds is 10. The van der Waals surface area contributed by atoms with Gasteiger partial charge in [0.25, 0.3) is 0 Å². The number of nitrogens with one attached hydrogen (secondary N) is 2. The van der Waals surface area contributed by atoms with Crippen molar-refractivity contribution in [2.45, 2.75) is 53.0 Å². The van der Waals surface area contributed by atoms with E-state index >= 15 is 0 Å². The Balaban J connectivity index is 0.00000364. The van der Waals surface area contributed by atoms with Crippen LogP contribution in [0.3, 0.4) is 0 Å². The minimum Gasteiger partial charge on any atom is -0.356 e. The topological polar surface area (TPSA) is 67.1 Å². The average molecular weight is 504 g/mol. The predicted octanol–water partition coefficient (Wildman–Crippen LogP) is 3.91. The Bertz CT molecular complexity index is 666. The second kappa shape index (κ2) is 13.1. The normalized spacial score (nSPS) is 11.5. The SMILES string of the molecule is Cc1nnc(CN=C(NCCCCC(C)C)NCCc2cccs2)n1C.I. The molecule has 6 nitrogen and oxygen atoms in total. The summed E-state index contributed by atoms with van der Waals surface area (Å²) in [5.74, 6) is 3.41. The molecule has 2 rings (SSSR count). The minimum absolute atomic E-state index is 0. The Labute approximate surface area is 184 Å². The molecule has 2 aromatic rings. The fourth-order valence-electron chi connectivity index (χ4n) is 2.56. The van der Waals surface area contributed by atoms with Crippen LogP contribution in [-0.4, -0.2) is 33.8 Å². The maximum Gasteiger partial charge on any atom is 0.191 e. The fraction of sp³-hybridized carbons (Fsp3) is 0.632. The standard InChI is InChI=1S/C19H32N6S.HI/c1-15(2)8-5-6-11-20-19(21-12-10-17-9-7-13-26-17)22-14-18-24-23-16(3)25(18)4;/h7,9,13,15H,5-6,8,10-12,14H2,1-4H3,(H2,20,21,22);1H. The number of hydrogen-bond acceptors (Lipinski definition) is 4. The Morgan fingerprint density at radius 2 is 2.00 bits per heavy atom. The van der Waals surface area contributed by atoms with Crippen molar-refractivity contribution in [2.24, 2.45) is 18.0 Å². The highest BCUT2D eigenvalue weighted by Crippen LogP contribution is 2.08. The number of unbranched alkanes of at least 4 members (excludes halogenated alkanes) is 1. The van der Waals surface area contributed by atoms with E-state index in [9.17, 15) is 0 Å². The number of aromatic nitrogens is 3. The summed E-state index contributed by atoms with van der Waals surface area (Å²) < 4.78 is 1.98. The molecular weight excluding hydrogens is 471 g/mol. The first kappa shape index (κ1) is 23.9. The summed E-state index contributed by atoms with van der Waals surface area (Å²) in [4.78, 5) is 6.08. The summed E-state index contributed by atoms with van der Waals surface area (Å²) in [5, 5.41) is 17.3. The van der Waals surface area contributed by atoms with Crippen LogP contribution in [0.25, 0.3) is 0 Å². The lowest BCUT2D eigenvalue weighted by Gasteiger charge is -2.13. The van der Waals surface area contributed by atoms with Crippen LogP contribution in [0, 0.1) is 12.8 Å². The summed E-state index contributed by atoms with van der Waals surface area (Å²) in [5.41, 5.74) is 0. The molecule has 8 heteroatoms. The maximum absolute atomic E-state index is 4.69. The van der Waals surface area contributed by atoms with Gasteiger partial charge in [-0.25, -0.2) is 4.99 Å². The highest BCUT2D eigenvalue weighted by Gasteiger charge is 2.05. The zero-order valence-corrected chi connectivity index (χ0v) is 20.0. The molecule has 0 aliphatic heterocycles. The number of thiophene rings is 1. The van der Waals surface area contributed by atoms with E-state index in [2.05, 4.69) is 52.2 Å². The van der Waals surface area contributed by atoms with Gasteiger partial charge in [-0.05, 0) is 37.1 Å². The van der Waals surface area contributed by atoms with E-state index in [1.54, 1.807) is 11.3 Å². The van der Waals surface area contributed by atoms with Gasteiger partial charge in [0.05, 0.1) is 0 Å². The first-order valence-corrected chi connectivity index (χ1v) is 10.3. The van der Waals surface area contributed by atoms with Crippen LogP contribution in [0.15, 0.2) is 22.5 Å². The molecule has 0 saturated heterocycles. The lowest BCUT2D eigenvalue weighted by atomic mass is 10.1. The molecule has 27 heavy (non-hydrogen) atoms. The lowest BCUT2D eigenvalue weighted by molar-refractivity contribution is 0.534. The van der Waals surface area contributed by atoms with Gasteiger partial charge >= 0.3 is 0 Å². The summed E-state index contributed by atoms with van der Waals surface area (Å²) >= 11 is 1.79. The number of aliphatic imine (C=N–C) groups is 1. The second-order valence-electron chi connectivity index (χ2n) is 6.96. The van der Waals surface area contributed by atoms with Gasteiger partial charge in [0.2, 0.25) is 0 Å². The predicted molar refractivity (Wildman–Crippen MR) is 125 cm³/mol. The number of nitrogens with zero attached hydrogens (tertiary/aromatic N) is 4. The third-order valence-electron chi connectivity index (χ3n) is 4.31. The molecule has 0 radical (unpaired) electrons. The smallest absolute Gasteiger partial charge is 0.191 e. The summed E-state index contributed by atoms with van der Waals surface area (Å²) in [7, 11) is 1.98. The molecule has 0 amide bonds. The van der Waals surface area contributed by atoms with Crippen LogP contribution in [-0.2, 0) is 20.0 Å². The van der Waals surface area contributed by atoms with E-state index < -0.39 is 0 Å². The Morgan fingerprint density at radius 1 is 1.22 bits per heavy atom. The van der Waals surface area contributed by atoms with E-state index in [4.69, 9.17) is 4.99 Å². The van der Waals surface area contributed by atoms with E-state index in [0.717, 1.165) is 49.5 Å². The molecular formula is C19H33IN6S. The van der Waals surface area contributed by atoms with Crippen LogP contribution < -0.4 is 10.6 Å². The van der Waals surface area contributed by atoms with E-state index in [0.29, 0.717) is 6.54 Å². The third-order valence-corrected chi connectivity index (χ3v) is 5.24. The monoisotopic (exact) mass is 504 g/mol. The van der Waals surface area contributed by atoms with Gasteiger partial charge in [-0.3, -0.25) is 0 Å². The van der Waals surface area contributed by atoms with Crippen LogP contribution in [0.4, 0.5) is 0 Å². The number of halogens is 1. The van der Waals surface area contributed by atoms with Crippen molar-refractivity contribution in [3.8, 4) is 0 Å². The van der Waals surface area contributed by atoms with Crippen molar-refractivity contribution in [1.82, 2.24) is 25.4 Å². The minimum atomic E-state index is 0. The van der Waals surface area contributed by atoms with Crippen molar-refractivity contribution in [3.63, 3.8) is 0 Å². The van der Waals surface area contributed by atoms with E-state index in [1.165, 1.54) is 17.7 Å². The summed E-state index contributed by atoms with van der Waals surface area (Å²) in [6.07, 6.45) is 4.69. The maximum atomic E-state index is 4.69. The fourth-order valence-corrected chi connectivity index (χ4v) is 3.27. The average Bonchev–Trinajstić information content (AvgIpc) is 3.23. The largest absolute Gasteiger partial charge is 0.356 e. The van der Waals surface area contributed by atoms with E-state index in [1.807, 2.05) is 18.5 Å². The van der Waals surface area contributed by atoms with Crippen molar-refractivity contribution in [3.05, 3.63) is 34.0 Å². The molecule has 0 atom stereocenters. The number of guanidine groups is 1. The number of hydrogen-bond donors (Lipinski definition) is 2. The van der Waals surface area contributed by atoms with Crippen molar-refractivity contribution in [2.75, 3.05) is 13.1 Å². The first-order valence-electron chi connectivity index (χ1n) is 9.45. The van der Waals surface area contributed by atoms with Crippen LogP contribution >= 0.6 is 35.3 Å². The molecule has 0 aromatic carbocycles. The van der Waals surface area contributed by atoms with Crippen molar-refractivity contribution < 1.29 is 0 Å². The first-order chi connectivity index (χ1) is 12.6. The van der Waals surface area contributed by atoms with Crippen LogP contribution in [0.2, 0.25) is 0 Å². The lowest BCUT2D eigenvalue weighted by Crippen LogP contribution is -2.39. The Morgan fingerprint density at radius 3 is 2.63 bits per heavy atom. The van der Waals surface area contributed by atoms with Gasteiger partial charge in [-0.2, -0.15) is 0 Å². The Hall–Kier alpha value is -1.16. The third kappa shape index (κ3) is 9.05. The Kier molecular flexibility index (Phi) is 11.6. The molecule has 0 aliphatic rings. The van der Waals surface area contributed by atoms with Gasteiger partial charge in [-0.1, -0.05) is 32.8 Å². The van der Waals surface area contributed by atoms with Crippen LogP contribution in [0.5, 0.6) is 0 Å². The zero-order chi connectivity index (χ0) is 18.8. The van der Waals surface area contributed by atoms with Gasteiger partial charge < -0.3 is 15.2 Å².